The number of aryl methyl sites for hydroxylation is 1. The number of aliphatic imine (C=N–C) groups is 1. The van der Waals surface area contributed by atoms with Gasteiger partial charge in [0.1, 0.15) is 5.82 Å². The van der Waals surface area contributed by atoms with E-state index in [0.29, 0.717) is 5.56 Å². The quantitative estimate of drug-likeness (QED) is 0.857. The summed E-state index contributed by atoms with van der Waals surface area (Å²) in [5, 5.41) is 4.11. The molecule has 0 saturated carbocycles. The van der Waals surface area contributed by atoms with Gasteiger partial charge in [-0.2, -0.15) is 0 Å². The highest BCUT2D eigenvalue weighted by Gasteiger charge is 2.37. The van der Waals surface area contributed by atoms with Gasteiger partial charge in [0, 0.05) is 24.7 Å². The van der Waals surface area contributed by atoms with E-state index in [9.17, 15) is 4.39 Å². The molecule has 0 unspecified atom stereocenters. The maximum Gasteiger partial charge on any atom is 0.161 e. The van der Waals surface area contributed by atoms with Gasteiger partial charge in [-0.25, -0.2) is 4.39 Å². The van der Waals surface area contributed by atoms with Crippen molar-refractivity contribution in [1.82, 2.24) is 0 Å². The van der Waals surface area contributed by atoms with Gasteiger partial charge in [-0.15, -0.1) is 0 Å². The largest absolute Gasteiger partial charge is 0.381 e. The third-order valence-electron chi connectivity index (χ3n) is 3.66. The maximum atomic E-state index is 13.5. The van der Waals surface area contributed by atoms with Crippen LogP contribution in [0.15, 0.2) is 23.2 Å². The first-order valence-corrected chi connectivity index (χ1v) is 7.49. The summed E-state index contributed by atoms with van der Waals surface area (Å²) in [5.41, 5.74) is 1.46. The lowest BCUT2D eigenvalue weighted by molar-refractivity contribution is 0.0624. The minimum atomic E-state index is -0.186. The molecule has 0 radical (unpaired) electrons. The third-order valence-corrected chi connectivity index (χ3v) is 4.81. The van der Waals surface area contributed by atoms with Crippen molar-refractivity contribution in [3.63, 3.8) is 0 Å². The van der Waals surface area contributed by atoms with E-state index in [1.807, 2.05) is 6.07 Å². The second-order valence-corrected chi connectivity index (χ2v) is 6.10. The Morgan fingerprint density at radius 2 is 2.16 bits per heavy atom. The molecular formula is C14H17FN2OS. The van der Waals surface area contributed by atoms with Gasteiger partial charge in [-0.3, -0.25) is 4.99 Å². The van der Waals surface area contributed by atoms with Crippen LogP contribution in [0.4, 0.5) is 10.1 Å². The lowest BCUT2D eigenvalue weighted by Gasteiger charge is -2.29. The molecule has 1 N–H and O–H groups in total. The highest BCUT2D eigenvalue weighted by molar-refractivity contribution is 8.14. The van der Waals surface area contributed by atoms with Gasteiger partial charge >= 0.3 is 0 Å². The second kappa shape index (κ2) is 5.13. The Morgan fingerprint density at radius 3 is 2.89 bits per heavy atom. The lowest BCUT2D eigenvalue weighted by atomic mass is 9.93. The first-order valence-electron chi connectivity index (χ1n) is 6.51. The summed E-state index contributed by atoms with van der Waals surface area (Å²) in [6, 6.07) is 5.19. The Balaban J connectivity index is 1.73. The number of ether oxygens (including phenoxy) is 1. The van der Waals surface area contributed by atoms with Crippen molar-refractivity contribution in [2.75, 3.05) is 24.3 Å². The predicted molar refractivity (Wildman–Crippen MR) is 77.4 cm³/mol. The van der Waals surface area contributed by atoms with Crippen LogP contribution in [0.5, 0.6) is 0 Å². The van der Waals surface area contributed by atoms with E-state index >= 15 is 0 Å². The number of hydrogen-bond acceptors (Lipinski definition) is 4. The van der Waals surface area contributed by atoms with Crippen molar-refractivity contribution in [2.45, 2.75) is 25.3 Å². The fourth-order valence-electron chi connectivity index (χ4n) is 2.35. The summed E-state index contributed by atoms with van der Waals surface area (Å²) in [6.07, 6.45) is 1.96. The van der Waals surface area contributed by atoms with Gasteiger partial charge in [0.15, 0.2) is 5.17 Å². The van der Waals surface area contributed by atoms with Crippen molar-refractivity contribution in [3.8, 4) is 0 Å². The van der Waals surface area contributed by atoms with Crippen LogP contribution in [-0.2, 0) is 4.74 Å². The van der Waals surface area contributed by atoms with Crippen LogP contribution >= 0.6 is 11.8 Å². The number of halogens is 1. The molecule has 3 rings (SSSR count). The standard InChI is InChI=1S/C14H17FN2OS/c1-10-2-3-11(8-12(10)15)16-13-17-14(9-19-13)4-6-18-7-5-14/h2-3,8H,4-7,9H2,1H3,(H,16,17). The molecule has 5 heteroatoms. The summed E-state index contributed by atoms with van der Waals surface area (Å²) in [7, 11) is 0. The van der Waals surface area contributed by atoms with E-state index in [-0.39, 0.29) is 11.4 Å². The summed E-state index contributed by atoms with van der Waals surface area (Å²) in [6.45, 7) is 3.34. The molecule has 1 saturated heterocycles. The van der Waals surface area contributed by atoms with Crippen molar-refractivity contribution in [2.24, 2.45) is 4.99 Å². The topological polar surface area (TPSA) is 33.6 Å². The summed E-state index contributed by atoms with van der Waals surface area (Å²) in [5.74, 6) is 0.807. The Kier molecular flexibility index (Phi) is 3.50. The van der Waals surface area contributed by atoms with Crippen molar-refractivity contribution in [1.29, 1.82) is 0 Å². The lowest BCUT2D eigenvalue weighted by Crippen LogP contribution is -2.34. The highest BCUT2D eigenvalue weighted by Crippen LogP contribution is 2.36. The van der Waals surface area contributed by atoms with E-state index in [1.54, 1.807) is 24.8 Å². The second-order valence-electron chi connectivity index (χ2n) is 5.13. The number of amidine groups is 1. The van der Waals surface area contributed by atoms with Gasteiger partial charge in [-0.1, -0.05) is 17.8 Å². The molecule has 1 spiro atoms. The third kappa shape index (κ3) is 2.77. The van der Waals surface area contributed by atoms with Crippen LogP contribution in [0.3, 0.4) is 0 Å². The zero-order valence-corrected chi connectivity index (χ0v) is 11.7. The van der Waals surface area contributed by atoms with Crippen LogP contribution in [0.25, 0.3) is 0 Å². The number of nitrogens with one attached hydrogen (secondary N) is 1. The molecule has 2 aliphatic rings. The monoisotopic (exact) mass is 280 g/mol. The average Bonchev–Trinajstić information content (AvgIpc) is 2.78. The molecule has 2 aliphatic heterocycles. The molecule has 1 fully saturated rings. The molecule has 19 heavy (non-hydrogen) atoms. The average molecular weight is 280 g/mol. The van der Waals surface area contributed by atoms with Gasteiger partial charge in [0.25, 0.3) is 0 Å². The minimum absolute atomic E-state index is 0.0362. The Morgan fingerprint density at radius 1 is 1.37 bits per heavy atom. The molecule has 3 nitrogen and oxygen atoms in total. The van der Waals surface area contributed by atoms with Gasteiger partial charge < -0.3 is 10.1 Å². The molecule has 1 aromatic rings. The zero-order chi connectivity index (χ0) is 13.3. The van der Waals surface area contributed by atoms with E-state index in [2.05, 4.69) is 5.32 Å². The molecule has 102 valence electrons. The molecule has 2 heterocycles. The SMILES string of the molecule is Cc1ccc(NC2=NC3(CCOCC3)CS2)cc1F. The Bertz CT molecular complexity index is 512. The zero-order valence-electron chi connectivity index (χ0n) is 10.9. The number of hydrogen-bond donors (Lipinski definition) is 1. The number of thioether (sulfide) groups is 1. The van der Waals surface area contributed by atoms with Crippen LogP contribution in [0.2, 0.25) is 0 Å². The van der Waals surface area contributed by atoms with Crippen LogP contribution in [-0.4, -0.2) is 29.7 Å². The first-order chi connectivity index (χ1) is 9.17. The van der Waals surface area contributed by atoms with E-state index in [1.165, 1.54) is 6.07 Å². The molecule has 0 atom stereocenters. The number of nitrogens with zero attached hydrogens (tertiary/aromatic N) is 1. The molecular weight excluding hydrogens is 263 g/mol. The van der Waals surface area contributed by atoms with Crippen LogP contribution < -0.4 is 5.32 Å². The fourth-order valence-corrected chi connectivity index (χ4v) is 3.56. The van der Waals surface area contributed by atoms with Gasteiger partial charge in [-0.05, 0) is 37.5 Å². The predicted octanol–water partition coefficient (Wildman–Crippen LogP) is 3.20. The van der Waals surface area contributed by atoms with Gasteiger partial charge in [0.2, 0.25) is 0 Å². The van der Waals surface area contributed by atoms with Crippen molar-refractivity contribution < 1.29 is 9.13 Å². The Labute approximate surface area is 116 Å². The Hall–Kier alpha value is -1.07. The fraction of sp³-hybridized carbons (Fsp3) is 0.500. The molecule has 0 aliphatic carbocycles. The summed E-state index contributed by atoms with van der Waals surface area (Å²) < 4.78 is 18.9. The number of rotatable bonds is 1. The normalized spacial score (nSPS) is 21.5. The molecule has 1 aromatic carbocycles. The molecule has 0 amide bonds. The van der Waals surface area contributed by atoms with Crippen LogP contribution in [0, 0.1) is 12.7 Å². The van der Waals surface area contributed by atoms with Crippen molar-refractivity contribution >= 4 is 22.6 Å². The van der Waals surface area contributed by atoms with E-state index in [0.717, 1.165) is 42.7 Å². The van der Waals surface area contributed by atoms with Gasteiger partial charge in [0.05, 0.1) is 5.54 Å². The smallest absolute Gasteiger partial charge is 0.161 e. The minimum Gasteiger partial charge on any atom is -0.381 e. The maximum absolute atomic E-state index is 13.5. The number of anilines is 1. The van der Waals surface area contributed by atoms with E-state index < -0.39 is 0 Å². The van der Waals surface area contributed by atoms with Crippen LogP contribution in [0.1, 0.15) is 18.4 Å². The highest BCUT2D eigenvalue weighted by atomic mass is 32.2. The van der Waals surface area contributed by atoms with Crippen molar-refractivity contribution in [3.05, 3.63) is 29.6 Å². The van der Waals surface area contributed by atoms with E-state index in [4.69, 9.17) is 9.73 Å². The first kappa shape index (κ1) is 12.9. The summed E-state index contributed by atoms with van der Waals surface area (Å²) in [4.78, 5) is 4.79. The summed E-state index contributed by atoms with van der Waals surface area (Å²) >= 11 is 1.71. The number of benzene rings is 1. The molecule has 0 aromatic heterocycles. The molecule has 0 bridgehead atoms.